The van der Waals surface area contributed by atoms with E-state index in [1.807, 2.05) is 26.0 Å². The molecule has 1 amide bonds. The van der Waals surface area contributed by atoms with Crippen LogP contribution >= 0.6 is 0 Å². The van der Waals surface area contributed by atoms with Gasteiger partial charge in [0, 0.05) is 13.2 Å². The Bertz CT molecular complexity index is 658. The summed E-state index contributed by atoms with van der Waals surface area (Å²) in [6.45, 7) is 7.45. The monoisotopic (exact) mass is 342 g/mol. The van der Waals surface area contributed by atoms with Gasteiger partial charge in [0.2, 0.25) is 15.9 Å². The fourth-order valence-corrected chi connectivity index (χ4v) is 3.62. The quantitative estimate of drug-likeness (QED) is 0.817. The highest BCUT2D eigenvalue weighted by Gasteiger charge is 2.30. The molecular weight excluding hydrogens is 316 g/mol. The zero-order valence-corrected chi connectivity index (χ0v) is 15.4. The van der Waals surface area contributed by atoms with Gasteiger partial charge in [-0.2, -0.15) is 0 Å². The molecule has 0 saturated heterocycles. The number of carbonyl (C=O) groups is 1. The van der Waals surface area contributed by atoms with Crippen molar-refractivity contribution in [3.63, 3.8) is 0 Å². The highest BCUT2D eigenvalue weighted by Crippen LogP contribution is 2.26. The van der Waals surface area contributed by atoms with Gasteiger partial charge in [-0.25, -0.2) is 8.42 Å². The van der Waals surface area contributed by atoms with Crippen LogP contribution in [-0.2, 0) is 19.6 Å². The maximum Gasteiger partial charge on any atom is 0.243 e. The summed E-state index contributed by atoms with van der Waals surface area (Å²) in [5, 5.41) is 2.77. The summed E-state index contributed by atoms with van der Waals surface area (Å²) < 4.78 is 30.7. The van der Waals surface area contributed by atoms with Crippen LogP contribution in [0.4, 0.5) is 5.69 Å². The molecule has 0 fully saturated rings. The van der Waals surface area contributed by atoms with Crippen LogP contribution in [0.1, 0.15) is 25.0 Å². The molecule has 0 aliphatic rings. The molecule has 0 radical (unpaired) electrons. The van der Waals surface area contributed by atoms with E-state index in [1.165, 1.54) is 4.31 Å². The maximum absolute atomic E-state index is 12.4. The van der Waals surface area contributed by atoms with Crippen molar-refractivity contribution in [3.05, 3.63) is 29.3 Å². The van der Waals surface area contributed by atoms with Crippen LogP contribution < -0.4 is 9.62 Å². The molecule has 0 aliphatic heterocycles. The first kappa shape index (κ1) is 19.4. The van der Waals surface area contributed by atoms with Crippen molar-refractivity contribution in [2.45, 2.75) is 39.8 Å². The van der Waals surface area contributed by atoms with Crippen molar-refractivity contribution in [1.29, 1.82) is 0 Å². The van der Waals surface area contributed by atoms with E-state index < -0.39 is 16.1 Å². The number of rotatable bonds is 7. The molecule has 0 aromatic heterocycles. The normalized spacial score (nSPS) is 14.2. The van der Waals surface area contributed by atoms with Crippen molar-refractivity contribution in [1.82, 2.24) is 5.32 Å². The van der Waals surface area contributed by atoms with Crippen molar-refractivity contribution < 1.29 is 17.9 Å². The van der Waals surface area contributed by atoms with Crippen molar-refractivity contribution in [2.24, 2.45) is 0 Å². The summed E-state index contributed by atoms with van der Waals surface area (Å²) in [6.07, 6.45) is 1.11. The number of benzene rings is 1. The van der Waals surface area contributed by atoms with Crippen LogP contribution in [0.3, 0.4) is 0 Å². The number of hydrogen-bond donors (Lipinski definition) is 1. The Balaban J connectivity index is 3.17. The second kappa shape index (κ2) is 7.79. The minimum Gasteiger partial charge on any atom is -0.383 e. The van der Waals surface area contributed by atoms with Crippen LogP contribution in [0.25, 0.3) is 0 Å². The van der Waals surface area contributed by atoms with Crippen LogP contribution in [0, 0.1) is 13.8 Å². The Labute approximate surface area is 138 Å². The molecule has 7 heteroatoms. The molecule has 0 saturated carbocycles. The topological polar surface area (TPSA) is 75.7 Å². The summed E-state index contributed by atoms with van der Waals surface area (Å²) >= 11 is 0. The highest BCUT2D eigenvalue weighted by molar-refractivity contribution is 7.92. The predicted molar refractivity (Wildman–Crippen MR) is 92.2 cm³/mol. The molecule has 130 valence electrons. The largest absolute Gasteiger partial charge is 0.383 e. The number of aryl methyl sites for hydroxylation is 2. The number of sulfonamides is 1. The van der Waals surface area contributed by atoms with Crippen LogP contribution in [-0.4, -0.2) is 46.4 Å². The number of nitrogens with one attached hydrogen (secondary N) is 1. The average molecular weight is 342 g/mol. The summed E-state index contributed by atoms with van der Waals surface area (Å²) in [4.78, 5) is 12.4. The Morgan fingerprint density at radius 1 is 1.30 bits per heavy atom. The van der Waals surface area contributed by atoms with Crippen LogP contribution in [0.15, 0.2) is 18.2 Å². The molecule has 0 spiro atoms. The first-order valence-corrected chi connectivity index (χ1v) is 9.28. The molecule has 1 N–H and O–H groups in total. The van der Waals surface area contributed by atoms with Crippen molar-refractivity contribution in [3.8, 4) is 0 Å². The van der Waals surface area contributed by atoms with Gasteiger partial charge in [-0.1, -0.05) is 12.1 Å². The SMILES string of the molecule is COC[C@@H](C)NC(=O)[C@H](C)N(c1cc(C)ccc1C)S(C)(=O)=O. The predicted octanol–water partition coefficient (Wildman–Crippen LogP) is 1.61. The Morgan fingerprint density at radius 2 is 1.91 bits per heavy atom. The van der Waals surface area contributed by atoms with E-state index in [9.17, 15) is 13.2 Å². The molecule has 1 aromatic carbocycles. The lowest BCUT2D eigenvalue weighted by molar-refractivity contribution is -0.122. The van der Waals surface area contributed by atoms with Crippen molar-refractivity contribution >= 4 is 21.6 Å². The molecule has 0 aliphatic carbocycles. The second-order valence-corrected chi connectivity index (χ2v) is 7.75. The zero-order chi connectivity index (χ0) is 17.8. The van der Waals surface area contributed by atoms with Gasteiger partial charge >= 0.3 is 0 Å². The number of anilines is 1. The smallest absolute Gasteiger partial charge is 0.243 e. The maximum atomic E-state index is 12.4. The molecule has 0 unspecified atom stereocenters. The van der Waals surface area contributed by atoms with E-state index in [1.54, 1.807) is 27.0 Å². The van der Waals surface area contributed by atoms with Gasteiger partial charge in [0.1, 0.15) is 6.04 Å². The number of carbonyl (C=O) groups excluding carboxylic acids is 1. The highest BCUT2D eigenvalue weighted by atomic mass is 32.2. The molecule has 1 rings (SSSR count). The standard InChI is InChI=1S/C16H26N2O4S/c1-11-7-8-12(2)15(9-11)18(23(6,20)21)14(4)16(19)17-13(3)10-22-5/h7-9,13-14H,10H2,1-6H3,(H,17,19)/t13-,14+/m1/s1. The summed E-state index contributed by atoms with van der Waals surface area (Å²) in [7, 11) is -2.06. The number of amides is 1. The number of ether oxygens (including phenoxy) is 1. The Kier molecular flexibility index (Phi) is 6.58. The third kappa shape index (κ3) is 5.21. The third-order valence-corrected chi connectivity index (χ3v) is 4.72. The lowest BCUT2D eigenvalue weighted by Crippen LogP contribution is -2.50. The van der Waals surface area contributed by atoms with E-state index in [2.05, 4.69) is 5.32 Å². The lowest BCUT2D eigenvalue weighted by Gasteiger charge is -2.30. The minimum absolute atomic E-state index is 0.199. The van der Waals surface area contributed by atoms with E-state index in [4.69, 9.17) is 4.74 Å². The number of hydrogen-bond acceptors (Lipinski definition) is 4. The van der Waals surface area contributed by atoms with Gasteiger partial charge < -0.3 is 10.1 Å². The number of methoxy groups -OCH3 is 1. The third-order valence-electron chi connectivity index (χ3n) is 3.50. The fourth-order valence-electron chi connectivity index (χ4n) is 2.39. The van der Waals surface area contributed by atoms with E-state index in [-0.39, 0.29) is 11.9 Å². The van der Waals surface area contributed by atoms with Crippen LogP contribution in [0.2, 0.25) is 0 Å². The zero-order valence-electron chi connectivity index (χ0n) is 14.6. The molecular formula is C16H26N2O4S. The number of nitrogens with zero attached hydrogens (tertiary/aromatic N) is 1. The van der Waals surface area contributed by atoms with Crippen LogP contribution in [0.5, 0.6) is 0 Å². The van der Waals surface area contributed by atoms with Gasteiger partial charge in [0.25, 0.3) is 0 Å². The second-order valence-electron chi connectivity index (χ2n) is 5.89. The minimum atomic E-state index is -3.61. The summed E-state index contributed by atoms with van der Waals surface area (Å²) in [6, 6.07) is 4.48. The van der Waals surface area contributed by atoms with E-state index in [0.29, 0.717) is 12.3 Å². The molecule has 6 nitrogen and oxygen atoms in total. The Hall–Kier alpha value is -1.60. The van der Waals surface area contributed by atoms with Gasteiger partial charge in [-0.3, -0.25) is 9.10 Å². The lowest BCUT2D eigenvalue weighted by atomic mass is 10.1. The first-order chi connectivity index (χ1) is 10.6. The molecule has 23 heavy (non-hydrogen) atoms. The summed E-state index contributed by atoms with van der Waals surface area (Å²) in [5.74, 6) is -0.360. The van der Waals surface area contributed by atoms with Gasteiger partial charge in [-0.15, -0.1) is 0 Å². The van der Waals surface area contributed by atoms with Gasteiger partial charge in [0.15, 0.2) is 0 Å². The molecule has 1 aromatic rings. The molecule has 0 bridgehead atoms. The van der Waals surface area contributed by atoms with Crippen molar-refractivity contribution in [2.75, 3.05) is 24.3 Å². The van der Waals surface area contributed by atoms with Gasteiger partial charge in [0.05, 0.1) is 18.6 Å². The van der Waals surface area contributed by atoms with E-state index in [0.717, 1.165) is 17.4 Å². The average Bonchev–Trinajstić information content (AvgIpc) is 2.41. The first-order valence-electron chi connectivity index (χ1n) is 7.44. The molecule has 0 heterocycles. The Morgan fingerprint density at radius 3 is 2.43 bits per heavy atom. The van der Waals surface area contributed by atoms with E-state index >= 15 is 0 Å². The molecule has 2 atom stereocenters. The van der Waals surface area contributed by atoms with Gasteiger partial charge in [-0.05, 0) is 44.9 Å². The fraction of sp³-hybridized carbons (Fsp3) is 0.562. The summed E-state index contributed by atoms with van der Waals surface area (Å²) in [5.41, 5.74) is 2.25.